The molecule has 1 saturated heterocycles. The second-order valence-corrected chi connectivity index (χ2v) is 2.89. The standard InChI is InChI=1S/C5H9NO2.C4H4N2/c7-5(8)4-2-1-3-6-4;1-2-5-4-6-3-1/h4,6H,1-3H2,(H,7,8);1-4H/t4-;/m0./s1. The molecule has 1 aliphatic heterocycles. The van der Waals surface area contributed by atoms with Crippen molar-refractivity contribution in [2.45, 2.75) is 18.9 Å². The molecule has 2 rings (SSSR count). The summed E-state index contributed by atoms with van der Waals surface area (Å²) in [5, 5.41) is 11.2. The monoisotopic (exact) mass is 195 g/mol. The van der Waals surface area contributed by atoms with Crippen LogP contribution in [0, 0.1) is 0 Å². The van der Waals surface area contributed by atoms with E-state index >= 15 is 0 Å². The van der Waals surface area contributed by atoms with E-state index in [2.05, 4.69) is 15.3 Å². The van der Waals surface area contributed by atoms with Crippen molar-refractivity contribution in [2.75, 3.05) is 6.54 Å². The summed E-state index contributed by atoms with van der Waals surface area (Å²) in [6.45, 7) is 0.858. The van der Waals surface area contributed by atoms with Crippen molar-refractivity contribution in [3.63, 3.8) is 0 Å². The van der Waals surface area contributed by atoms with E-state index in [4.69, 9.17) is 5.11 Å². The largest absolute Gasteiger partial charge is 0.480 e. The minimum atomic E-state index is -0.720. The van der Waals surface area contributed by atoms with E-state index in [0.29, 0.717) is 0 Å². The number of hydrogen-bond donors (Lipinski definition) is 2. The maximum absolute atomic E-state index is 10.1. The molecule has 5 nitrogen and oxygen atoms in total. The number of nitrogens with one attached hydrogen (secondary N) is 1. The predicted molar refractivity (Wildman–Crippen MR) is 50.7 cm³/mol. The average molecular weight is 195 g/mol. The van der Waals surface area contributed by atoms with Gasteiger partial charge >= 0.3 is 5.97 Å². The van der Waals surface area contributed by atoms with Crippen LogP contribution in [0.3, 0.4) is 0 Å². The molecule has 76 valence electrons. The number of carboxylic acids is 1. The highest BCUT2D eigenvalue weighted by molar-refractivity contribution is 5.73. The Labute approximate surface area is 82.2 Å². The van der Waals surface area contributed by atoms with Gasteiger partial charge in [-0.25, -0.2) is 9.97 Å². The van der Waals surface area contributed by atoms with Gasteiger partial charge in [-0.05, 0) is 25.5 Å². The van der Waals surface area contributed by atoms with E-state index in [9.17, 15) is 4.79 Å². The first-order chi connectivity index (χ1) is 6.80. The maximum Gasteiger partial charge on any atom is 0.320 e. The molecule has 0 aromatic carbocycles. The van der Waals surface area contributed by atoms with Crippen molar-refractivity contribution >= 4 is 5.97 Å². The molecule has 1 atom stereocenters. The van der Waals surface area contributed by atoms with Crippen LogP contribution in [0.15, 0.2) is 24.8 Å². The third kappa shape index (κ3) is 3.95. The summed E-state index contributed by atoms with van der Waals surface area (Å²) >= 11 is 0. The van der Waals surface area contributed by atoms with Crippen LogP contribution in [-0.2, 0) is 4.79 Å². The Morgan fingerprint density at radius 3 is 2.36 bits per heavy atom. The summed E-state index contributed by atoms with van der Waals surface area (Å²) in [7, 11) is 0. The van der Waals surface area contributed by atoms with Crippen LogP contribution in [0.4, 0.5) is 0 Å². The third-order valence-corrected chi connectivity index (χ3v) is 1.84. The van der Waals surface area contributed by atoms with Crippen LogP contribution < -0.4 is 5.32 Å². The first-order valence-electron chi connectivity index (χ1n) is 4.47. The SMILES string of the molecule is O=C(O)[C@@H]1CCCN1.c1cncnc1. The minimum absolute atomic E-state index is 0.269. The lowest BCUT2D eigenvalue weighted by Gasteiger charge is -1.99. The summed E-state index contributed by atoms with van der Waals surface area (Å²) < 4.78 is 0. The lowest BCUT2D eigenvalue weighted by Crippen LogP contribution is -2.29. The number of rotatable bonds is 1. The molecule has 0 spiro atoms. The van der Waals surface area contributed by atoms with Gasteiger partial charge in [-0.3, -0.25) is 4.79 Å². The quantitative estimate of drug-likeness (QED) is 0.674. The molecule has 0 radical (unpaired) electrons. The zero-order valence-electron chi connectivity index (χ0n) is 7.76. The topological polar surface area (TPSA) is 75.1 Å². The van der Waals surface area contributed by atoms with Gasteiger partial charge in [-0.1, -0.05) is 0 Å². The fourth-order valence-electron chi connectivity index (χ4n) is 1.15. The van der Waals surface area contributed by atoms with Gasteiger partial charge in [0.2, 0.25) is 0 Å². The van der Waals surface area contributed by atoms with Crippen LogP contribution in [0.5, 0.6) is 0 Å². The van der Waals surface area contributed by atoms with E-state index in [1.165, 1.54) is 6.33 Å². The third-order valence-electron chi connectivity index (χ3n) is 1.84. The number of carbonyl (C=O) groups is 1. The molecule has 1 aromatic rings. The first kappa shape index (κ1) is 10.6. The summed E-state index contributed by atoms with van der Waals surface area (Å²) in [5.41, 5.74) is 0. The minimum Gasteiger partial charge on any atom is -0.480 e. The Kier molecular flexibility index (Phi) is 4.57. The van der Waals surface area contributed by atoms with Crippen molar-refractivity contribution in [3.05, 3.63) is 24.8 Å². The Hall–Kier alpha value is -1.49. The zero-order chi connectivity index (χ0) is 10.2. The van der Waals surface area contributed by atoms with Gasteiger partial charge in [0.25, 0.3) is 0 Å². The Bertz CT molecular complexity index is 233. The molecule has 2 N–H and O–H groups in total. The van der Waals surface area contributed by atoms with Crippen molar-refractivity contribution in [2.24, 2.45) is 0 Å². The van der Waals surface area contributed by atoms with Gasteiger partial charge in [0.05, 0.1) is 0 Å². The van der Waals surface area contributed by atoms with Gasteiger partial charge in [0.15, 0.2) is 0 Å². The average Bonchev–Trinajstić information content (AvgIpc) is 2.74. The number of hydrogen-bond acceptors (Lipinski definition) is 4. The number of nitrogens with zero attached hydrogens (tertiary/aromatic N) is 2. The molecule has 5 heteroatoms. The van der Waals surface area contributed by atoms with E-state index in [0.717, 1.165) is 19.4 Å². The molecule has 2 heterocycles. The van der Waals surface area contributed by atoms with E-state index in [1.807, 2.05) is 0 Å². The van der Waals surface area contributed by atoms with Crippen LogP contribution >= 0.6 is 0 Å². The number of aliphatic carboxylic acids is 1. The molecule has 0 aliphatic carbocycles. The van der Waals surface area contributed by atoms with Crippen molar-refractivity contribution < 1.29 is 9.90 Å². The Morgan fingerprint density at radius 2 is 2.14 bits per heavy atom. The second kappa shape index (κ2) is 6.04. The molecule has 1 fully saturated rings. The van der Waals surface area contributed by atoms with E-state index in [1.54, 1.807) is 18.5 Å². The van der Waals surface area contributed by atoms with E-state index in [-0.39, 0.29) is 6.04 Å². The number of carboxylic acid groups (broad SMARTS) is 1. The van der Waals surface area contributed by atoms with Gasteiger partial charge < -0.3 is 10.4 Å². The molecular formula is C9H13N3O2. The highest BCUT2D eigenvalue weighted by Gasteiger charge is 2.20. The lowest BCUT2D eigenvalue weighted by molar-refractivity contribution is -0.139. The van der Waals surface area contributed by atoms with Crippen molar-refractivity contribution in [1.29, 1.82) is 0 Å². The lowest BCUT2D eigenvalue weighted by atomic mass is 10.2. The van der Waals surface area contributed by atoms with Gasteiger partial charge in [0, 0.05) is 12.4 Å². The van der Waals surface area contributed by atoms with Crippen LogP contribution in [0.25, 0.3) is 0 Å². The Morgan fingerprint density at radius 1 is 1.43 bits per heavy atom. The second-order valence-electron chi connectivity index (χ2n) is 2.89. The molecule has 0 unspecified atom stereocenters. The molecule has 0 bridgehead atoms. The summed E-state index contributed by atoms with van der Waals surface area (Å²) in [6, 6.07) is 1.51. The first-order valence-corrected chi connectivity index (χ1v) is 4.47. The van der Waals surface area contributed by atoms with Gasteiger partial charge in [-0.15, -0.1) is 0 Å². The molecule has 1 aromatic heterocycles. The fraction of sp³-hybridized carbons (Fsp3) is 0.444. The summed E-state index contributed by atoms with van der Waals surface area (Å²) in [6.07, 6.45) is 6.66. The normalized spacial score (nSPS) is 19.6. The summed E-state index contributed by atoms with van der Waals surface area (Å²) in [5.74, 6) is -0.720. The maximum atomic E-state index is 10.1. The zero-order valence-corrected chi connectivity index (χ0v) is 7.76. The molecule has 14 heavy (non-hydrogen) atoms. The predicted octanol–water partition coefficient (Wildman–Crippen LogP) is 0.300. The van der Waals surface area contributed by atoms with Gasteiger partial charge in [-0.2, -0.15) is 0 Å². The Balaban J connectivity index is 0.000000146. The summed E-state index contributed by atoms with van der Waals surface area (Å²) in [4.78, 5) is 17.5. The molecular weight excluding hydrogens is 182 g/mol. The van der Waals surface area contributed by atoms with Crippen LogP contribution in [-0.4, -0.2) is 33.6 Å². The number of aromatic nitrogens is 2. The van der Waals surface area contributed by atoms with Crippen molar-refractivity contribution in [1.82, 2.24) is 15.3 Å². The highest BCUT2D eigenvalue weighted by atomic mass is 16.4. The van der Waals surface area contributed by atoms with Gasteiger partial charge in [0.1, 0.15) is 12.4 Å². The van der Waals surface area contributed by atoms with Crippen molar-refractivity contribution in [3.8, 4) is 0 Å². The fourth-order valence-corrected chi connectivity index (χ4v) is 1.15. The highest BCUT2D eigenvalue weighted by Crippen LogP contribution is 2.03. The molecule has 0 saturated carbocycles. The van der Waals surface area contributed by atoms with E-state index < -0.39 is 5.97 Å². The smallest absolute Gasteiger partial charge is 0.320 e. The molecule has 1 aliphatic rings. The van der Waals surface area contributed by atoms with Crippen LogP contribution in [0.1, 0.15) is 12.8 Å². The molecule has 0 amide bonds. The van der Waals surface area contributed by atoms with Crippen LogP contribution in [0.2, 0.25) is 0 Å².